The standard InChI is InChI=1S/C18H20F3N3O3S/c19-5-13(23-18(27)17(20)21)16(26)11-3-1-10(2-4-11)14-6-22-15(28-14)9-24-7-12(25)8-24/h1-4,6,12-13,16-17,25-26H,5,7-9H2,(H,23,27). The van der Waals surface area contributed by atoms with E-state index in [1.54, 1.807) is 35.8 Å². The lowest BCUT2D eigenvalue weighted by molar-refractivity contribution is -0.133. The van der Waals surface area contributed by atoms with Crippen LogP contribution in [0.2, 0.25) is 0 Å². The van der Waals surface area contributed by atoms with Crippen LogP contribution in [0.15, 0.2) is 30.5 Å². The Morgan fingerprint density at radius 1 is 1.32 bits per heavy atom. The van der Waals surface area contributed by atoms with E-state index in [2.05, 4.69) is 9.88 Å². The third-order valence-electron chi connectivity index (χ3n) is 4.46. The Labute approximate surface area is 163 Å². The molecule has 1 aliphatic rings. The van der Waals surface area contributed by atoms with E-state index in [-0.39, 0.29) is 6.10 Å². The highest BCUT2D eigenvalue weighted by atomic mass is 32.1. The van der Waals surface area contributed by atoms with Gasteiger partial charge in [0, 0.05) is 19.3 Å². The van der Waals surface area contributed by atoms with E-state index in [0.717, 1.165) is 15.4 Å². The molecule has 3 N–H and O–H groups in total. The van der Waals surface area contributed by atoms with Crippen LogP contribution in [0.1, 0.15) is 16.7 Å². The van der Waals surface area contributed by atoms with Gasteiger partial charge in [0.25, 0.3) is 5.91 Å². The molecule has 2 heterocycles. The predicted molar refractivity (Wildman–Crippen MR) is 97.7 cm³/mol. The van der Waals surface area contributed by atoms with Crippen molar-refractivity contribution in [3.63, 3.8) is 0 Å². The first kappa shape index (κ1) is 20.7. The van der Waals surface area contributed by atoms with Crippen LogP contribution in [0.5, 0.6) is 0 Å². The number of nitrogens with one attached hydrogen (secondary N) is 1. The van der Waals surface area contributed by atoms with Gasteiger partial charge in [-0.2, -0.15) is 8.78 Å². The van der Waals surface area contributed by atoms with Crippen LogP contribution in [-0.4, -0.2) is 64.3 Å². The van der Waals surface area contributed by atoms with Crippen molar-refractivity contribution in [2.45, 2.75) is 31.2 Å². The van der Waals surface area contributed by atoms with Crippen molar-refractivity contribution < 1.29 is 28.2 Å². The van der Waals surface area contributed by atoms with E-state index < -0.39 is 31.2 Å². The van der Waals surface area contributed by atoms with Gasteiger partial charge in [-0.15, -0.1) is 11.3 Å². The zero-order chi connectivity index (χ0) is 20.3. The quantitative estimate of drug-likeness (QED) is 0.612. The van der Waals surface area contributed by atoms with Gasteiger partial charge in [0.2, 0.25) is 0 Å². The summed E-state index contributed by atoms with van der Waals surface area (Å²) in [5.74, 6) is -1.62. The molecule has 1 saturated heterocycles. The summed E-state index contributed by atoms with van der Waals surface area (Å²) in [5, 5.41) is 22.2. The normalized spacial score (nSPS) is 17.4. The number of carbonyl (C=O) groups is 1. The van der Waals surface area contributed by atoms with E-state index in [1.807, 2.05) is 0 Å². The van der Waals surface area contributed by atoms with Crippen LogP contribution in [0.25, 0.3) is 10.4 Å². The Bertz CT molecular complexity index is 797. The molecule has 0 radical (unpaired) electrons. The summed E-state index contributed by atoms with van der Waals surface area (Å²) in [6.45, 7) is 0.768. The number of thiazole rings is 1. The van der Waals surface area contributed by atoms with Crippen molar-refractivity contribution in [1.29, 1.82) is 0 Å². The van der Waals surface area contributed by atoms with Crippen LogP contribution in [0, 0.1) is 0 Å². The van der Waals surface area contributed by atoms with Crippen LogP contribution >= 0.6 is 11.3 Å². The third kappa shape index (κ3) is 4.88. The van der Waals surface area contributed by atoms with E-state index >= 15 is 0 Å². The van der Waals surface area contributed by atoms with Gasteiger partial charge in [0.1, 0.15) is 17.8 Å². The molecule has 28 heavy (non-hydrogen) atoms. The number of alkyl halides is 3. The Hall–Kier alpha value is -2.01. The van der Waals surface area contributed by atoms with E-state index in [1.165, 1.54) is 11.3 Å². The number of halogens is 3. The second-order valence-electron chi connectivity index (χ2n) is 6.60. The van der Waals surface area contributed by atoms with Crippen molar-refractivity contribution in [1.82, 2.24) is 15.2 Å². The van der Waals surface area contributed by atoms with Gasteiger partial charge in [-0.1, -0.05) is 24.3 Å². The van der Waals surface area contributed by atoms with Crippen molar-refractivity contribution in [3.05, 3.63) is 41.0 Å². The van der Waals surface area contributed by atoms with Crippen molar-refractivity contribution >= 4 is 17.2 Å². The average molecular weight is 415 g/mol. The van der Waals surface area contributed by atoms with Crippen LogP contribution in [0.3, 0.4) is 0 Å². The Morgan fingerprint density at radius 2 is 2.00 bits per heavy atom. The van der Waals surface area contributed by atoms with Gasteiger partial charge >= 0.3 is 6.43 Å². The number of rotatable bonds is 8. The summed E-state index contributed by atoms with van der Waals surface area (Å²) < 4.78 is 37.7. The highest BCUT2D eigenvalue weighted by Crippen LogP contribution is 2.29. The fourth-order valence-corrected chi connectivity index (χ4v) is 3.87. The lowest BCUT2D eigenvalue weighted by Gasteiger charge is -2.34. The number of β-amino-alcohol motifs (C(OH)–C–C–N with tert-alkyl or cyclic N) is 1. The fraction of sp³-hybridized carbons (Fsp3) is 0.444. The zero-order valence-electron chi connectivity index (χ0n) is 14.8. The molecule has 2 atom stereocenters. The maximum absolute atomic E-state index is 13.1. The van der Waals surface area contributed by atoms with E-state index in [9.17, 15) is 28.2 Å². The maximum Gasteiger partial charge on any atom is 0.315 e. The highest BCUT2D eigenvalue weighted by molar-refractivity contribution is 7.15. The molecular formula is C18H20F3N3O3S. The lowest BCUT2D eigenvalue weighted by Crippen LogP contribution is -2.49. The van der Waals surface area contributed by atoms with Crippen molar-refractivity contribution in [2.24, 2.45) is 0 Å². The van der Waals surface area contributed by atoms with Gasteiger partial charge in [-0.25, -0.2) is 9.37 Å². The predicted octanol–water partition coefficient (Wildman–Crippen LogP) is 1.74. The maximum atomic E-state index is 13.1. The van der Waals surface area contributed by atoms with Crippen LogP contribution in [-0.2, 0) is 11.3 Å². The second-order valence-corrected chi connectivity index (χ2v) is 7.72. The summed E-state index contributed by atoms with van der Waals surface area (Å²) in [6, 6.07) is 5.10. The minimum Gasteiger partial charge on any atom is -0.390 e. The van der Waals surface area contributed by atoms with Gasteiger partial charge in [-0.05, 0) is 11.1 Å². The lowest BCUT2D eigenvalue weighted by atomic mass is 10.0. The molecule has 6 nitrogen and oxygen atoms in total. The van der Waals surface area contributed by atoms with Crippen LogP contribution < -0.4 is 5.32 Å². The number of hydrogen-bond donors (Lipinski definition) is 3. The molecule has 0 bridgehead atoms. The molecule has 0 spiro atoms. The zero-order valence-corrected chi connectivity index (χ0v) is 15.6. The van der Waals surface area contributed by atoms with Gasteiger partial charge in [0.05, 0.1) is 23.6 Å². The van der Waals surface area contributed by atoms with Gasteiger partial charge < -0.3 is 15.5 Å². The Kier molecular flexibility index (Phi) is 6.65. The number of aromatic nitrogens is 1. The largest absolute Gasteiger partial charge is 0.390 e. The number of carbonyl (C=O) groups excluding carboxylic acids is 1. The number of benzene rings is 1. The van der Waals surface area contributed by atoms with E-state index in [4.69, 9.17) is 0 Å². The highest BCUT2D eigenvalue weighted by Gasteiger charge is 2.27. The first-order valence-electron chi connectivity index (χ1n) is 8.65. The molecule has 1 aromatic heterocycles. The van der Waals surface area contributed by atoms with E-state index in [0.29, 0.717) is 25.2 Å². The molecule has 3 rings (SSSR count). The molecule has 1 amide bonds. The number of amides is 1. The summed E-state index contributed by atoms with van der Waals surface area (Å²) >= 11 is 1.50. The number of aliphatic hydroxyl groups is 2. The summed E-state index contributed by atoms with van der Waals surface area (Å²) in [4.78, 5) is 18.4. The smallest absolute Gasteiger partial charge is 0.315 e. The van der Waals surface area contributed by atoms with Crippen molar-refractivity contribution in [2.75, 3.05) is 19.8 Å². The topological polar surface area (TPSA) is 85.7 Å². The van der Waals surface area contributed by atoms with Gasteiger partial charge in [-0.3, -0.25) is 9.69 Å². The summed E-state index contributed by atoms with van der Waals surface area (Å²) in [5.41, 5.74) is 1.15. The molecule has 0 saturated carbocycles. The molecule has 1 aliphatic heterocycles. The molecule has 2 aromatic rings. The molecule has 10 heteroatoms. The number of nitrogens with zero attached hydrogens (tertiary/aromatic N) is 2. The molecule has 1 fully saturated rings. The molecular weight excluding hydrogens is 395 g/mol. The third-order valence-corrected chi connectivity index (χ3v) is 5.49. The molecule has 152 valence electrons. The first-order chi connectivity index (χ1) is 13.4. The Balaban J connectivity index is 1.64. The minimum atomic E-state index is -3.27. The minimum absolute atomic E-state index is 0.267. The molecule has 2 unspecified atom stereocenters. The fourth-order valence-electron chi connectivity index (χ4n) is 2.90. The number of likely N-dealkylation sites (tertiary alicyclic amines) is 1. The Morgan fingerprint density at radius 3 is 2.57 bits per heavy atom. The molecule has 0 aliphatic carbocycles. The first-order valence-corrected chi connectivity index (χ1v) is 9.47. The second kappa shape index (κ2) is 8.99. The monoisotopic (exact) mass is 415 g/mol. The SMILES string of the molecule is O=C(NC(CF)C(O)c1ccc(-c2cnc(CN3CC(O)C3)s2)cc1)C(F)F. The summed E-state index contributed by atoms with van der Waals surface area (Å²) in [6.07, 6.45) is -3.26. The van der Waals surface area contributed by atoms with Crippen molar-refractivity contribution in [3.8, 4) is 10.4 Å². The molecule has 1 aromatic carbocycles. The average Bonchev–Trinajstić information content (AvgIpc) is 3.12. The summed E-state index contributed by atoms with van der Waals surface area (Å²) in [7, 11) is 0. The number of aliphatic hydroxyl groups excluding tert-OH is 2. The number of hydrogen-bond acceptors (Lipinski definition) is 6. The van der Waals surface area contributed by atoms with Gasteiger partial charge in [0.15, 0.2) is 0 Å². The van der Waals surface area contributed by atoms with Crippen LogP contribution in [0.4, 0.5) is 13.2 Å².